The van der Waals surface area contributed by atoms with Gasteiger partial charge in [0.2, 0.25) is 0 Å². The molecular weight excluding hydrogens is 465 g/mol. The zero-order valence-electron chi connectivity index (χ0n) is 18.9. The number of carbonyl (C=O) groups excluding carboxylic acids is 2. The average molecular weight is 492 g/mol. The van der Waals surface area contributed by atoms with E-state index in [1.807, 2.05) is 0 Å². The second-order valence-electron chi connectivity index (χ2n) is 8.04. The summed E-state index contributed by atoms with van der Waals surface area (Å²) in [7, 11) is 0. The monoisotopic (exact) mass is 492 g/mol. The van der Waals surface area contributed by atoms with Crippen molar-refractivity contribution in [3.8, 4) is 11.5 Å². The molecule has 0 radical (unpaired) electrons. The van der Waals surface area contributed by atoms with Crippen molar-refractivity contribution in [1.29, 1.82) is 0 Å². The Morgan fingerprint density at radius 2 is 1.80 bits per heavy atom. The molecule has 1 aliphatic carbocycles. The van der Waals surface area contributed by atoms with Gasteiger partial charge in [-0.1, -0.05) is 37.1 Å². The lowest BCUT2D eigenvalue weighted by molar-refractivity contribution is -0.274. The summed E-state index contributed by atoms with van der Waals surface area (Å²) in [5.74, 6) is -0.533. The first-order chi connectivity index (χ1) is 16.7. The Kier molecular flexibility index (Phi) is 9.13. The van der Waals surface area contributed by atoms with Gasteiger partial charge in [-0.3, -0.25) is 9.59 Å². The molecule has 3 N–H and O–H groups in total. The third kappa shape index (κ3) is 8.97. The molecule has 0 atom stereocenters. The molecule has 0 aromatic heterocycles. The molecule has 0 spiro atoms. The van der Waals surface area contributed by atoms with Crippen LogP contribution in [0.2, 0.25) is 0 Å². The molecular formula is C25H27F3N2O5. The first kappa shape index (κ1) is 26.1. The van der Waals surface area contributed by atoms with E-state index in [1.54, 1.807) is 24.3 Å². The minimum atomic E-state index is -4.83. The van der Waals surface area contributed by atoms with Crippen LogP contribution in [0.15, 0.2) is 54.2 Å². The van der Waals surface area contributed by atoms with Gasteiger partial charge in [0.1, 0.15) is 17.2 Å². The average Bonchev–Trinajstić information content (AvgIpc) is 3.65. The number of rotatable bonds is 12. The van der Waals surface area contributed by atoms with Crippen molar-refractivity contribution in [2.75, 3.05) is 19.8 Å². The van der Waals surface area contributed by atoms with Crippen LogP contribution in [0, 0.1) is 5.92 Å². The molecule has 3 rings (SSSR count). The fourth-order valence-corrected chi connectivity index (χ4v) is 3.29. The third-order valence-electron chi connectivity index (χ3n) is 5.16. The van der Waals surface area contributed by atoms with Gasteiger partial charge in [-0.05, 0) is 54.7 Å². The number of benzene rings is 2. The molecule has 2 amide bonds. The molecule has 0 saturated heterocycles. The number of hydrogen-bond donors (Lipinski definition) is 3. The van der Waals surface area contributed by atoms with Crippen LogP contribution in [0.25, 0.3) is 6.08 Å². The maximum atomic E-state index is 13.0. The van der Waals surface area contributed by atoms with E-state index in [4.69, 9.17) is 9.84 Å². The number of alkyl halides is 3. The van der Waals surface area contributed by atoms with Gasteiger partial charge in [0.25, 0.3) is 11.8 Å². The lowest BCUT2D eigenvalue weighted by atomic mass is 10.1. The lowest BCUT2D eigenvalue weighted by Crippen LogP contribution is -2.36. The Bertz CT molecular complexity index is 1030. The number of ether oxygens (including phenoxy) is 2. The predicted octanol–water partition coefficient (Wildman–Crippen LogP) is 4.03. The first-order valence-electron chi connectivity index (χ1n) is 11.2. The summed E-state index contributed by atoms with van der Waals surface area (Å²) in [6, 6.07) is 11.4. The Hall–Kier alpha value is -3.53. The Morgan fingerprint density at radius 3 is 2.46 bits per heavy atom. The van der Waals surface area contributed by atoms with Crippen molar-refractivity contribution in [3.05, 3.63) is 65.4 Å². The predicted molar refractivity (Wildman–Crippen MR) is 123 cm³/mol. The highest BCUT2D eigenvalue weighted by Crippen LogP contribution is 2.33. The summed E-state index contributed by atoms with van der Waals surface area (Å²) in [5, 5.41) is 14.0. The van der Waals surface area contributed by atoms with Crippen molar-refractivity contribution in [2.45, 2.75) is 32.0 Å². The van der Waals surface area contributed by atoms with E-state index < -0.39 is 23.9 Å². The van der Waals surface area contributed by atoms with Crippen molar-refractivity contribution < 1.29 is 37.3 Å². The zero-order chi connectivity index (χ0) is 25.3. The van der Waals surface area contributed by atoms with Crippen LogP contribution in [-0.2, 0) is 4.79 Å². The molecule has 1 aliphatic rings. The van der Waals surface area contributed by atoms with Crippen LogP contribution in [0.4, 0.5) is 13.2 Å². The second kappa shape index (κ2) is 12.3. The van der Waals surface area contributed by atoms with E-state index in [0.717, 1.165) is 30.9 Å². The normalized spacial score (nSPS) is 13.8. The van der Waals surface area contributed by atoms with Gasteiger partial charge in [0.05, 0.1) is 18.8 Å². The second-order valence-corrected chi connectivity index (χ2v) is 8.04. The van der Waals surface area contributed by atoms with Gasteiger partial charge < -0.3 is 25.2 Å². The molecule has 1 saturated carbocycles. The van der Waals surface area contributed by atoms with Gasteiger partial charge in [0, 0.05) is 6.54 Å². The van der Waals surface area contributed by atoms with Crippen LogP contribution in [0.5, 0.6) is 11.5 Å². The van der Waals surface area contributed by atoms with Crippen molar-refractivity contribution in [1.82, 2.24) is 10.6 Å². The van der Waals surface area contributed by atoms with E-state index in [2.05, 4.69) is 15.4 Å². The van der Waals surface area contributed by atoms with Crippen LogP contribution >= 0.6 is 0 Å². The van der Waals surface area contributed by atoms with E-state index in [0.29, 0.717) is 17.9 Å². The number of aliphatic hydroxyl groups is 1. The topological polar surface area (TPSA) is 96.9 Å². The minimum Gasteiger partial charge on any atom is -0.493 e. The number of carbonyl (C=O) groups is 2. The maximum Gasteiger partial charge on any atom is 0.573 e. The fraction of sp³-hybridized carbons (Fsp3) is 0.360. The van der Waals surface area contributed by atoms with Gasteiger partial charge in [-0.25, -0.2) is 0 Å². The minimum absolute atomic E-state index is 0.0505. The number of aliphatic hydroxyl groups excluding tert-OH is 1. The summed E-state index contributed by atoms with van der Waals surface area (Å²) in [4.78, 5) is 25.6. The quantitative estimate of drug-likeness (QED) is 0.307. The Balaban J connectivity index is 1.74. The number of halogens is 3. The maximum absolute atomic E-state index is 13.0. The van der Waals surface area contributed by atoms with E-state index in [1.165, 1.54) is 31.1 Å². The molecule has 0 bridgehead atoms. The number of amides is 2. The van der Waals surface area contributed by atoms with E-state index in [9.17, 15) is 22.8 Å². The van der Waals surface area contributed by atoms with Crippen molar-refractivity contribution >= 4 is 17.9 Å². The molecule has 35 heavy (non-hydrogen) atoms. The zero-order valence-corrected chi connectivity index (χ0v) is 18.9. The van der Waals surface area contributed by atoms with Gasteiger partial charge in [-0.15, -0.1) is 13.2 Å². The molecule has 7 nitrogen and oxygen atoms in total. The van der Waals surface area contributed by atoms with Crippen LogP contribution < -0.4 is 20.1 Å². The molecule has 0 aliphatic heterocycles. The van der Waals surface area contributed by atoms with Gasteiger partial charge in [0.15, 0.2) is 0 Å². The molecule has 0 heterocycles. The van der Waals surface area contributed by atoms with Crippen LogP contribution in [-0.4, -0.2) is 43.0 Å². The van der Waals surface area contributed by atoms with E-state index in [-0.39, 0.29) is 24.4 Å². The highest BCUT2D eigenvalue weighted by atomic mass is 19.4. The van der Waals surface area contributed by atoms with Crippen LogP contribution in [0.3, 0.4) is 0 Å². The van der Waals surface area contributed by atoms with Gasteiger partial charge in [-0.2, -0.15) is 0 Å². The Labute approximate surface area is 200 Å². The van der Waals surface area contributed by atoms with Crippen LogP contribution in [0.1, 0.15) is 41.6 Å². The molecule has 1 fully saturated rings. The largest absolute Gasteiger partial charge is 0.573 e. The summed E-state index contributed by atoms with van der Waals surface area (Å²) >= 11 is 0. The number of nitrogens with one attached hydrogen (secondary N) is 2. The molecule has 0 unspecified atom stereocenters. The smallest absolute Gasteiger partial charge is 0.493 e. The standard InChI is InChI=1S/C25H27F3N2O5/c26-25(27,28)35-19-11-9-18(10-12-19)16-21(24(33)29-13-14-31)30-23(32)20-5-1-2-6-22(20)34-15-3-4-17-7-8-17/h1-2,5-6,9-12,16-17,31H,3-4,7-8,13-15H2,(H,29,33)(H,30,32). The number of hydrogen-bond acceptors (Lipinski definition) is 5. The fourth-order valence-electron chi connectivity index (χ4n) is 3.29. The SMILES string of the molecule is O=C(NCCO)C(=Cc1ccc(OC(F)(F)F)cc1)NC(=O)c1ccccc1OCCCC1CC1. The third-order valence-corrected chi connectivity index (χ3v) is 5.16. The van der Waals surface area contributed by atoms with Crippen molar-refractivity contribution in [2.24, 2.45) is 5.92 Å². The molecule has 188 valence electrons. The lowest BCUT2D eigenvalue weighted by Gasteiger charge is -2.14. The summed E-state index contributed by atoms with van der Waals surface area (Å²) in [6.07, 6.45) is 0.951. The first-order valence-corrected chi connectivity index (χ1v) is 11.2. The summed E-state index contributed by atoms with van der Waals surface area (Å²) in [6.45, 7) is 0.103. The summed E-state index contributed by atoms with van der Waals surface area (Å²) < 4.78 is 46.8. The van der Waals surface area contributed by atoms with Crippen molar-refractivity contribution in [3.63, 3.8) is 0 Å². The van der Waals surface area contributed by atoms with Gasteiger partial charge >= 0.3 is 6.36 Å². The highest BCUT2D eigenvalue weighted by molar-refractivity contribution is 6.06. The van der Waals surface area contributed by atoms with E-state index >= 15 is 0 Å². The highest BCUT2D eigenvalue weighted by Gasteiger charge is 2.31. The molecule has 2 aromatic carbocycles. The Morgan fingerprint density at radius 1 is 1.09 bits per heavy atom. The summed E-state index contributed by atoms with van der Waals surface area (Å²) in [5.41, 5.74) is 0.420. The molecule has 10 heteroatoms. The number of para-hydroxylation sites is 1. The molecule has 2 aromatic rings.